The quantitative estimate of drug-likeness (QED) is 0.315. The summed E-state index contributed by atoms with van der Waals surface area (Å²) in [5.41, 5.74) is 1.97. The Kier molecular flexibility index (Phi) is 8.85. The highest BCUT2D eigenvalue weighted by atomic mass is 35.5. The molecule has 4 rings (SSSR count). The average molecular weight is 569 g/mol. The van der Waals surface area contributed by atoms with Crippen LogP contribution in [0.25, 0.3) is 0 Å². The Bertz CT molecular complexity index is 1370. The number of amides is 1. The molecule has 212 valence electrons. The number of rotatable bonds is 8. The molecule has 0 unspecified atom stereocenters. The Labute approximate surface area is 238 Å². The van der Waals surface area contributed by atoms with Crippen molar-refractivity contribution in [1.29, 1.82) is 0 Å². The number of carbonyl (C=O) groups is 2. The number of carbonyl (C=O) groups excluding carboxylic acids is 1. The standard InChI is InChI=1S/C30H33ClN2O7/c1-30(2,3)40-29(37)33(17-25(34)19-7-12-27(31)32-16-19)21-8-5-18-6-9-22(14-20(18)13-21)39-23-10-11-26(38-4)24(15-23)28(35)36/h6-7,9-12,14-16,21,25,34H,5,8,13,17H2,1-4H3,(H,35,36)/t21-,25+/m0/s1. The van der Waals surface area contributed by atoms with Crippen LogP contribution >= 0.6 is 11.6 Å². The van der Waals surface area contributed by atoms with Crippen molar-refractivity contribution in [1.82, 2.24) is 9.88 Å². The van der Waals surface area contributed by atoms with Crippen molar-refractivity contribution in [2.24, 2.45) is 0 Å². The fraction of sp³-hybridized carbons (Fsp3) is 0.367. The van der Waals surface area contributed by atoms with E-state index in [0.29, 0.717) is 35.1 Å². The van der Waals surface area contributed by atoms with Crippen LogP contribution in [0.15, 0.2) is 54.7 Å². The van der Waals surface area contributed by atoms with Crippen LogP contribution in [0, 0.1) is 0 Å². The molecular formula is C30H33ClN2O7. The summed E-state index contributed by atoms with van der Waals surface area (Å²) < 4.78 is 16.8. The lowest BCUT2D eigenvalue weighted by Crippen LogP contribution is -2.47. The number of carboxylic acids is 1. The predicted octanol–water partition coefficient (Wildman–Crippen LogP) is 6.06. The van der Waals surface area contributed by atoms with Gasteiger partial charge in [-0.1, -0.05) is 23.7 Å². The molecule has 0 saturated carbocycles. The van der Waals surface area contributed by atoms with Gasteiger partial charge in [-0.25, -0.2) is 14.6 Å². The summed E-state index contributed by atoms with van der Waals surface area (Å²) in [5, 5.41) is 20.8. The van der Waals surface area contributed by atoms with Crippen molar-refractivity contribution < 1.29 is 34.0 Å². The van der Waals surface area contributed by atoms with E-state index < -0.39 is 23.8 Å². The maximum absolute atomic E-state index is 13.3. The molecule has 2 N–H and O–H groups in total. The first-order valence-electron chi connectivity index (χ1n) is 12.9. The number of nitrogens with zero attached hydrogens (tertiary/aromatic N) is 2. The molecule has 1 aliphatic carbocycles. The maximum atomic E-state index is 13.3. The van der Waals surface area contributed by atoms with Crippen LogP contribution in [0.1, 0.15) is 60.3 Å². The number of ether oxygens (including phenoxy) is 3. The Morgan fingerprint density at radius 3 is 2.48 bits per heavy atom. The van der Waals surface area contributed by atoms with Gasteiger partial charge in [0.2, 0.25) is 0 Å². The average Bonchev–Trinajstić information content (AvgIpc) is 2.90. The lowest BCUT2D eigenvalue weighted by molar-refractivity contribution is 0.00190. The van der Waals surface area contributed by atoms with Crippen LogP contribution < -0.4 is 9.47 Å². The second kappa shape index (κ2) is 12.1. The highest BCUT2D eigenvalue weighted by Crippen LogP contribution is 2.33. The fourth-order valence-corrected chi connectivity index (χ4v) is 4.78. The van der Waals surface area contributed by atoms with Gasteiger partial charge < -0.3 is 29.3 Å². The molecule has 40 heavy (non-hydrogen) atoms. The minimum Gasteiger partial charge on any atom is -0.496 e. The number of pyridine rings is 1. The van der Waals surface area contributed by atoms with Crippen LogP contribution in [0.2, 0.25) is 5.15 Å². The summed E-state index contributed by atoms with van der Waals surface area (Å²) in [6.45, 7) is 5.43. The van der Waals surface area contributed by atoms with Gasteiger partial charge in [-0.3, -0.25) is 0 Å². The minimum atomic E-state index is -1.12. The number of aryl methyl sites for hydroxylation is 1. The number of fused-ring (bicyclic) bond motifs is 1. The molecule has 2 aromatic carbocycles. The van der Waals surface area contributed by atoms with Crippen molar-refractivity contribution in [3.05, 3.63) is 82.1 Å². The Morgan fingerprint density at radius 2 is 1.82 bits per heavy atom. The topological polar surface area (TPSA) is 118 Å². The summed E-state index contributed by atoms with van der Waals surface area (Å²) in [6.07, 6.45) is 1.96. The summed E-state index contributed by atoms with van der Waals surface area (Å²) in [7, 11) is 1.41. The molecule has 3 aromatic rings. The molecule has 2 atom stereocenters. The van der Waals surface area contributed by atoms with Crippen LogP contribution in [-0.2, 0) is 17.6 Å². The van der Waals surface area contributed by atoms with Crippen molar-refractivity contribution in [2.75, 3.05) is 13.7 Å². The number of hydrogen-bond donors (Lipinski definition) is 2. The molecule has 0 saturated heterocycles. The zero-order valence-corrected chi connectivity index (χ0v) is 23.6. The van der Waals surface area contributed by atoms with E-state index in [1.54, 1.807) is 49.9 Å². The number of hydrogen-bond acceptors (Lipinski definition) is 7. The van der Waals surface area contributed by atoms with Gasteiger partial charge in [-0.15, -0.1) is 0 Å². The van der Waals surface area contributed by atoms with E-state index >= 15 is 0 Å². The molecule has 1 aromatic heterocycles. The molecule has 1 heterocycles. The molecule has 1 aliphatic rings. The number of aromatic nitrogens is 1. The fourth-order valence-electron chi connectivity index (χ4n) is 4.67. The van der Waals surface area contributed by atoms with E-state index in [9.17, 15) is 19.8 Å². The molecule has 10 heteroatoms. The van der Waals surface area contributed by atoms with Crippen molar-refractivity contribution in [3.8, 4) is 17.2 Å². The predicted molar refractivity (Wildman–Crippen MR) is 149 cm³/mol. The number of aliphatic hydroxyl groups excluding tert-OH is 1. The number of carboxylic acid groups (broad SMARTS) is 1. The van der Waals surface area contributed by atoms with E-state index in [1.807, 2.05) is 18.2 Å². The maximum Gasteiger partial charge on any atom is 0.410 e. The molecule has 0 aliphatic heterocycles. The Balaban J connectivity index is 1.56. The van der Waals surface area contributed by atoms with Crippen LogP contribution in [-0.4, -0.2) is 57.5 Å². The SMILES string of the molecule is COc1ccc(Oc2ccc3c(c2)C[C@@H](N(C[C@@H](O)c2ccc(Cl)nc2)C(=O)OC(C)(C)C)CC3)cc1C(=O)O. The molecule has 0 spiro atoms. The van der Waals surface area contributed by atoms with E-state index in [0.717, 1.165) is 17.5 Å². The third-order valence-electron chi connectivity index (χ3n) is 6.59. The number of methoxy groups -OCH3 is 1. The highest BCUT2D eigenvalue weighted by molar-refractivity contribution is 6.29. The lowest BCUT2D eigenvalue weighted by Gasteiger charge is -2.37. The normalized spacial score (nSPS) is 15.5. The van der Waals surface area contributed by atoms with E-state index in [4.69, 9.17) is 25.8 Å². The van der Waals surface area contributed by atoms with Crippen LogP contribution in [0.5, 0.6) is 17.2 Å². The Hall–Kier alpha value is -3.82. The van der Waals surface area contributed by atoms with Crippen LogP contribution in [0.4, 0.5) is 4.79 Å². The highest BCUT2D eigenvalue weighted by Gasteiger charge is 2.33. The minimum absolute atomic E-state index is 0.000437. The first-order chi connectivity index (χ1) is 18.9. The van der Waals surface area contributed by atoms with Gasteiger partial charge in [0.05, 0.1) is 19.8 Å². The molecular weight excluding hydrogens is 536 g/mol. The molecule has 0 radical (unpaired) electrons. The summed E-state index contributed by atoms with van der Waals surface area (Å²) in [6, 6.07) is 13.4. The lowest BCUT2D eigenvalue weighted by atomic mass is 9.87. The summed E-state index contributed by atoms with van der Waals surface area (Å²) in [4.78, 5) is 30.5. The van der Waals surface area contributed by atoms with Gasteiger partial charge in [0, 0.05) is 17.8 Å². The summed E-state index contributed by atoms with van der Waals surface area (Å²) in [5.74, 6) is 0.0268. The zero-order chi connectivity index (χ0) is 29.0. The second-order valence-corrected chi connectivity index (χ2v) is 11.0. The first-order valence-corrected chi connectivity index (χ1v) is 13.3. The van der Waals surface area contributed by atoms with Gasteiger partial charge in [0.25, 0.3) is 0 Å². The van der Waals surface area contributed by atoms with Gasteiger partial charge in [0.15, 0.2) is 0 Å². The van der Waals surface area contributed by atoms with Gasteiger partial charge in [-0.2, -0.15) is 0 Å². The monoisotopic (exact) mass is 568 g/mol. The molecule has 0 bridgehead atoms. The van der Waals surface area contributed by atoms with Crippen molar-refractivity contribution >= 4 is 23.7 Å². The van der Waals surface area contributed by atoms with E-state index in [1.165, 1.54) is 19.4 Å². The number of halogens is 1. The van der Waals surface area contributed by atoms with Gasteiger partial charge >= 0.3 is 12.1 Å². The van der Waals surface area contributed by atoms with Crippen LogP contribution in [0.3, 0.4) is 0 Å². The largest absolute Gasteiger partial charge is 0.496 e. The van der Waals surface area contributed by atoms with Crippen molar-refractivity contribution in [3.63, 3.8) is 0 Å². The number of aliphatic hydroxyl groups is 1. The molecule has 1 amide bonds. The van der Waals surface area contributed by atoms with Crippen molar-refractivity contribution in [2.45, 2.75) is 57.8 Å². The third-order valence-corrected chi connectivity index (χ3v) is 6.81. The van der Waals surface area contributed by atoms with Gasteiger partial charge in [0.1, 0.15) is 33.6 Å². The van der Waals surface area contributed by atoms with E-state index in [2.05, 4.69) is 4.98 Å². The molecule has 9 nitrogen and oxygen atoms in total. The van der Waals surface area contributed by atoms with E-state index in [-0.39, 0.29) is 23.9 Å². The first kappa shape index (κ1) is 29.2. The summed E-state index contributed by atoms with van der Waals surface area (Å²) >= 11 is 5.89. The second-order valence-electron chi connectivity index (χ2n) is 10.7. The number of aromatic carboxylic acids is 1. The third kappa shape index (κ3) is 7.22. The zero-order valence-electron chi connectivity index (χ0n) is 22.9. The number of benzene rings is 2. The molecule has 0 fully saturated rings. The smallest absolute Gasteiger partial charge is 0.410 e. The van der Waals surface area contributed by atoms with Gasteiger partial charge in [-0.05, 0) is 87.6 Å². The Morgan fingerprint density at radius 1 is 1.10 bits per heavy atom.